The van der Waals surface area contributed by atoms with Crippen LogP contribution in [0.4, 0.5) is 5.69 Å². The van der Waals surface area contributed by atoms with E-state index < -0.39 is 0 Å². The fourth-order valence-electron chi connectivity index (χ4n) is 2.87. The topological polar surface area (TPSA) is 32.3 Å². The van der Waals surface area contributed by atoms with Gasteiger partial charge in [-0.25, -0.2) is 0 Å². The zero-order valence-electron chi connectivity index (χ0n) is 11.7. The van der Waals surface area contributed by atoms with Crippen molar-refractivity contribution in [3.63, 3.8) is 0 Å². The summed E-state index contributed by atoms with van der Waals surface area (Å²) in [6.45, 7) is 4.24. The Morgan fingerprint density at radius 3 is 2.53 bits per heavy atom. The number of nitrogens with zero attached hydrogens (tertiary/aromatic N) is 1. The molecule has 1 amide bonds. The van der Waals surface area contributed by atoms with Crippen molar-refractivity contribution >= 4 is 23.2 Å². The maximum absolute atomic E-state index is 12.8. The van der Waals surface area contributed by atoms with Gasteiger partial charge in [0.1, 0.15) is 0 Å². The van der Waals surface area contributed by atoms with E-state index in [1.807, 2.05) is 18.0 Å². The van der Waals surface area contributed by atoms with E-state index in [0.717, 1.165) is 18.5 Å². The summed E-state index contributed by atoms with van der Waals surface area (Å²) in [5, 5.41) is 3.66. The summed E-state index contributed by atoms with van der Waals surface area (Å²) < 4.78 is 0. The van der Waals surface area contributed by atoms with Crippen LogP contribution in [-0.4, -0.2) is 29.9 Å². The molecule has 2 rings (SSSR count). The Morgan fingerprint density at radius 2 is 1.95 bits per heavy atom. The fraction of sp³-hybridized carbons (Fsp3) is 0.533. The smallest absolute Gasteiger partial charge is 0.256 e. The van der Waals surface area contributed by atoms with E-state index in [4.69, 9.17) is 11.6 Å². The molecule has 104 valence electrons. The van der Waals surface area contributed by atoms with Crippen molar-refractivity contribution in [1.82, 2.24) is 4.90 Å². The van der Waals surface area contributed by atoms with Crippen molar-refractivity contribution in [1.29, 1.82) is 0 Å². The van der Waals surface area contributed by atoms with Gasteiger partial charge in [-0.05, 0) is 51.3 Å². The van der Waals surface area contributed by atoms with Crippen LogP contribution in [0.5, 0.6) is 0 Å². The highest BCUT2D eigenvalue weighted by molar-refractivity contribution is 6.31. The molecule has 0 bridgehead atoms. The lowest BCUT2D eigenvalue weighted by Gasteiger charge is -2.39. The summed E-state index contributed by atoms with van der Waals surface area (Å²) in [5.41, 5.74) is 1.50. The lowest BCUT2D eigenvalue weighted by Crippen LogP contribution is -2.47. The summed E-state index contributed by atoms with van der Waals surface area (Å²) in [6.07, 6.45) is 3.34. The van der Waals surface area contributed by atoms with Crippen LogP contribution < -0.4 is 5.32 Å². The summed E-state index contributed by atoms with van der Waals surface area (Å²) >= 11 is 6.03. The number of hydrogen-bond donors (Lipinski definition) is 1. The van der Waals surface area contributed by atoms with Gasteiger partial charge in [-0.1, -0.05) is 11.6 Å². The molecule has 0 aromatic heterocycles. The van der Waals surface area contributed by atoms with Crippen LogP contribution in [0.15, 0.2) is 18.2 Å². The number of likely N-dealkylation sites (tertiary alicyclic amines) is 1. The zero-order chi connectivity index (χ0) is 14.0. The first-order valence-electron chi connectivity index (χ1n) is 6.84. The van der Waals surface area contributed by atoms with Crippen LogP contribution in [0.3, 0.4) is 0 Å². The Balaban J connectivity index is 2.35. The van der Waals surface area contributed by atoms with Gasteiger partial charge in [0.25, 0.3) is 5.91 Å². The summed E-state index contributed by atoms with van der Waals surface area (Å²) in [6, 6.07) is 5.99. The lowest BCUT2D eigenvalue weighted by atomic mass is 9.96. The minimum Gasteiger partial charge on any atom is -0.387 e. The van der Waals surface area contributed by atoms with Crippen molar-refractivity contribution in [2.45, 2.75) is 45.2 Å². The molecule has 0 saturated carbocycles. The number of hydrogen-bond acceptors (Lipinski definition) is 2. The number of rotatable bonds is 2. The third kappa shape index (κ3) is 2.86. The molecule has 2 unspecified atom stereocenters. The van der Waals surface area contributed by atoms with Gasteiger partial charge >= 0.3 is 0 Å². The highest BCUT2D eigenvalue weighted by Gasteiger charge is 2.30. The third-order valence-electron chi connectivity index (χ3n) is 3.91. The SMILES string of the molecule is CNc1ccc(Cl)cc1C(=O)N1C(C)CCCC1C. The van der Waals surface area contributed by atoms with Crippen molar-refractivity contribution in [2.75, 3.05) is 12.4 Å². The van der Waals surface area contributed by atoms with Crippen molar-refractivity contribution in [3.05, 3.63) is 28.8 Å². The second kappa shape index (κ2) is 5.83. The molecule has 1 saturated heterocycles. The number of halogens is 1. The van der Waals surface area contributed by atoms with Crippen molar-refractivity contribution in [2.24, 2.45) is 0 Å². The van der Waals surface area contributed by atoms with E-state index in [-0.39, 0.29) is 5.91 Å². The first-order chi connectivity index (χ1) is 9.04. The van der Waals surface area contributed by atoms with Gasteiger partial charge in [0.05, 0.1) is 5.56 Å². The molecule has 1 aromatic carbocycles. The molecule has 0 spiro atoms. The number of carbonyl (C=O) groups excluding carboxylic acids is 1. The number of anilines is 1. The Morgan fingerprint density at radius 1 is 1.32 bits per heavy atom. The molecule has 1 heterocycles. The zero-order valence-corrected chi connectivity index (χ0v) is 12.5. The predicted molar refractivity (Wildman–Crippen MR) is 79.9 cm³/mol. The highest BCUT2D eigenvalue weighted by atomic mass is 35.5. The molecule has 1 N–H and O–H groups in total. The largest absolute Gasteiger partial charge is 0.387 e. The van der Waals surface area contributed by atoms with E-state index >= 15 is 0 Å². The van der Waals surface area contributed by atoms with E-state index in [1.165, 1.54) is 6.42 Å². The van der Waals surface area contributed by atoms with Crippen LogP contribution in [0, 0.1) is 0 Å². The minimum atomic E-state index is 0.0755. The van der Waals surface area contributed by atoms with Crippen molar-refractivity contribution in [3.8, 4) is 0 Å². The maximum atomic E-state index is 12.8. The summed E-state index contributed by atoms with van der Waals surface area (Å²) in [5.74, 6) is 0.0755. The lowest BCUT2D eigenvalue weighted by molar-refractivity contribution is 0.0512. The normalized spacial score (nSPS) is 23.3. The van der Waals surface area contributed by atoms with Crippen molar-refractivity contribution < 1.29 is 4.79 Å². The summed E-state index contributed by atoms with van der Waals surface area (Å²) in [7, 11) is 1.82. The van der Waals surface area contributed by atoms with Crippen LogP contribution in [0.1, 0.15) is 43.5 Å². The molecule has 1 fully saturated rings. The average molecular weight is 281 g/mol. The van der Waals surface area contributed by atoms with Gasteiger partial charge in [-0.3, -0.25) is 4.79 Å². The first kappa shape index (κ1) is 14.2. The first-order valence-corrected chi connectivity index (χ1v) is 7.22. The molecule has 0 radical (unpaired) electrons. The van der Waals surface area contributed by atoms with Gasteiger partial charge in [0.15, 0.2) is 0 Å². The van der Waals surface area contributed by atoms with Gasteiger partial charge < -0.3 is 10.2 Å². The molecule has 2 atom stereocenters. The average Bonchev–Trinajstić information content (AvgIpc) is 2.38. The van der Waals surface area contributed by atoms with Crippen LogP contribution in [0.2, 0.25) is 5.02 Å². The number of nitrogens with one attached hydrogen (secondary N) is 1. The number of benzene rings is 1. The molecule has 1 aliphatic rings. The second-order valence-electron chi connectivity index (χ2n) is 5.28. The van der Waals surface area contributed by atoms with E-state index in [9.17, 15) is 4.79 Å². The van der Waals surface area contributed by atoms with E-state index in [0.29, 0.717) is 22.7 Å². The monoisotopic (exact) mass is 280 g/mol. The summed E-state index contributed by atoms with van der Waals surface area (Å²) in [4.78, 5) is 14.8. The molecular weight excluding hydrogens is 260 g/mol. The van der Waals surface area contributed by atoms with Crippen LogP contribution in [-0.2, 0) is 0 Å². The number of piperidine rings is 1. The Bertz CT molecular complexity index is 465. The molecule has 1 aliphatic heterocycles. The van der Waals surface area contributed by atoms with Gasteiger partial charge in [-0.2, -0.15) is 0 Å². The Hall–Kier alpha value is -1.22. The standard InChI is InChI=1S/C15H21ClN2O/c1-10-5-4-6-11(2)18(10)15(19)13-9-12(16)7-8-14(13)17-3/h7-11,17H,4-6H2,1-3H3. The third-order valence-corrected chi connectivity index (χ3v) is 4.14. The Labute approximate surface area is 119 Å². The predicted octanol–water partition coefficient (Wildman–Crippen LogP) is 3.78. The molecule has 1 aromatic rings. The molecule has 19 heavy (non-hydrogen) atoms. The van der Waals surface area contributed by atoms with Gasteiger partial charge in [0, 0.05) is 29.8 Å². The molecular formula is C15H21ClN2O. The quantitative estimate of drug-likeness (QED) is 0.894. The van der Waals surface area contributed by atoms with Gasteiger partial charge in [0.2, 0.25) is 0 Å². The van der Waals surface area contributed by atoms with Crippen LogP contribution in [0.25, 0.3) is 0 Å². The molecule has 0 aliphatic carbocycles. The maximum Gasteiger partial charge on any atom is 0.256 e. The number of carbonyl (C=O) groups is 1. The molecule has 3 nitrogen and oxygen atoms in total. The minimum absolute atomic E-state index is 0.0755. The molecule has 4 heteroatoms. The second-order valence-corrected chi connectivity index (χ2v) is 5.72. The number of amides is 1. The van der Waals surface area contributed by atoms with E-state index in [2.05, 4.69) is 19.2 Å². The fourth-order valence-corrected chi connectivity index (χ4v) is 3.04. The van der Waals surface area contributed by atoms with Crippen LogP contribution >= 0.6 is 11.6 Å². The van der Waals surface area contributed by atoms with Gasteiger partial charge in [-0.15, -0.1) is 0 Å². The Kier molecular flexibility index (Phi) is 4.35. The van der Waals surface area contributed by atoms with E-state index in [1.54, 1.807) is 12.1 Å². The highest BCUT2D eigenvalue weighted by Crippen LogP contribution is 2.28.